The molecular formula is C54H34O2. The summed E-state index contributed by atoms with van der Waals surface area (Å²) in [5.74, 6) is 0. The molecule has 2 heteroatoms. The van der Waals surface area contributed by atoms with Gasteiger partial charge in [-0.1, -0.05) is 133 Å². The minimum atomic E-state index is 0.846. The molecule has 0 bridgehead atoms. The molecule has 0 radical (unpaired) electrons. The van der Waals surface area contributed by atoms with Gasteiger partial charge in [-0.15, -0.1) is 0 Å². The maximum absolute atomic E-state index is 6.56. The smallest absolute Gasteiger partial charge is 0.136 e. The van der Waals surface area contributed by atoms with Crippen LogP contribution >= 0.6 is 0 Å². The average Bonchev–Trinajstić information content (AvgIpc) is 3.84. The Bertz CT molecular complexity index is 2870. The summed E-state index contributed by atoms with van der Waals surface area (Å²) in [6.45, 7) is 0. The summed E-state index contributed by atoms with van der Waals surface area (Å²) in [7, 11) is 0. The van der Waals surface area contributed by atoms with Gasteiger partial charge in [0.05, 0.1) is 0 Å². The summed E-state index contributed by atoms with van der Waals surface area (Å²) >= 11 is 0. The molecule has 0 atom stereocenters. The van der Waals surface area contributed by atoms with Gasteiger partial charge in [-0.2, -0.15) is 0 Å². The van der Waals surface area contributed by atoms with Gasteiger partial charge in [0.1, 0.15) is 22.3 Å². The van der Waals surface area contributed by atoms with E-state index in [1.54, 1.807) is 0 Å². The Hall–Kier alpha value is -7.42. The van der Waals surface area contributed by atoms with Crippen molar-refractivity contribution < 1.29 is 8.83 Å². The van der Waals surface area contributed by atoms with Crippen molar-refractivity contribution in [2.24, 2.45) is 0 Å². The van der Waals surface area contributed by atoms with E-state index in [1.165, 1.54) is 44.5 Å². The second-order valence-corrected chi connectivity index (χ2v) is 14.5. The lowest BCUT2D eigenvalue weighted by molar-refractivity contribution is 0.663. The maximum Gasteiger partial charge on any atom is 0.136 e. The molecule has 9 aromatic carbocycles. The number of hydrogen-bond donors (Lipinski definition) is 0. The van der Waals surface area contributed by atoms with Gasteiger partial charge in [0.15, 0.2) is 0 Å². The molecule has 0 aliphatic heterocycles. The third-order valence-corrected chi connectivity index (χ3v) is 11.0. The van der Waals surface area contributed by atoms with E-state index in [1.807, 2.05) is 12.1 Å². The van der Waals surface area contributed by atoms with Crippen molar-refractivity contribution in [1.29, 1.82) is 0 Å². The van der Waals surface area contributed by atoms with Crippen molar-refractivity contribution in [3.8, 4) is 66.8 Å². The van der Waals surface area contributed by atoms with Gasteiger partial charge in [0.25, 0.3) is 0 Å². The molecule has 0 saturated carbocycles. The second kappa shape index (κ2) is 13.2. The standard InChI is InChI=1S/C54H34O2/c1-5-13-35(14-6-1)41-27-42(36-15-7-2-8-16-36)30-45(29-41)39-21-23-49-47(33-39)53-51(55-49)25-26-52-54(53)48-34-40(22-24-50(48)56-52)46-31-43(37-17-9-3-10-18-37)28-44(32-46)38-19-11-4-12-20-38/h1-34H. The largest absolute Gasteiger partial charge is 0.456 e. The third-order valence-electron chi connectivity index (χ3n) is 11.0. The molecule has 11 rings (SSSR count). The Labute approximate surface area is 324 Å². The predicted octanol–water partition coefficient (Wildman–Crippen LogP) is 15.5. The fraction of sp³-hybridized carbons (Fsp3) is 0. The molecule has 56 heavy (non-hydrogen) atoms. The van der Waals surface area contributed by atoms with E-state index < -0.39 is 0 Å². The summed E-state index contributed by atoms with van der Waals surface area (Å²) in [6, 6.07) is 73.5. The van der Waals surface area contributed by atoms with Crippen LogP contribution in [0.4, 0.5) is 0 Å². The Morgan fingerprint density at radius 1 is 0.196 bits per heavy atom. The van der Waals surface area contributed by atoms with Crippen molar-refractivity contribution in [3.05, 3.63) is 206 Å². The van der Waals surface area contributed by atoms with Crippen molar-refractivity contribution in [1.82, 2.24) is 0 Å². The molecule has 0 unspecified atom stereocenters. The van der Waals surface area contributed by atoms with Gasteiger partial charge in [0, 0.05) is 21.5 Å². The highest BCUT2D eigenvalue weighted by Crippen LogP contribution is 2.43. The minimum Gasteiger partial charge on any atom is -0.456 e. The van der Waals surface area contributed by atoms with E-state index in [2.05, 4.69) is 194 Å². The van der Waals surface area contributed by atoms with E-state index in [9.17, 15) is 0 Å². The van der Waals surface area contributed by atoms with Crippen LogP contribution in [0.2, 0.25) is 0 Å². The van der Waals surface area contributed by atoms with Crippen LogP contribution in [-0.4, -0.2) is 0 Å². The zero-order chi connectivity index (χ0) is 37.0. The number of hydrogen-bond acceptors (Lipinski definition) is 2. The minimum absolute atomic E-state index is 0.846. The monoisotopic (exact) mass is 714 g/mol. The molecular weight excluding hydrogens is 681 g/mol. The average molecular weight is 715 g/mol. The van der Waals surface area contributed by atoms with E-state index >= 15 is 0 Å². The number of rotatable bonds is 6. The van der Waals surface area contributed by atoms with Gasteiger partial charge in [0.2, 0.25) is 0 Å². The molecule has 262 valence electrons. The molecule has 2 heterocycles. The van der Waals surface area contributed by atoms with Crippen LogP contribution in [0.5, 0.6) is 0 Å². The molecule has 0 aliphatic rings. The van der Waals surface area contributed by atoms with Gasteiger partial charge in [-0.3, -0.25) is 0 Å². The zero-order valence-electron chi connectivity index (χ0n) is 30.4. The van der Waals surface area contributed by atoms with Crippen LogP contribution in [0.3, 0.4) is 0 Å². The number of furan rings is 2. The summed E-state index contributed by atoms with van der Waals surface area (Å²) in [5, 5.41) is 4.28. The highest BCUT2D eigenvalue weighted by atomic mass is 16.3. The fourth-order valence-electron chi connectivity index (χ4n) is 8.27. The van der Waals surface area contributed by atoms with Crippen LogP contribution in [0.25, 0.3) is 111 Å². The molecule has 0 saturated heterocycles. The summed E-state index contributed by atoms with van der Waals surface area (Å²) < 4.78 is 13.1. The SMILES string of the molecule is c1ccc(-c2cc(-c3ccccc3)cc(-c3ccc4oc5ccc6oc7ccc(-c8cc(-c9ccccc9)cc(-c9ccccc9)c8)cc7c6c5c4c3)c2)cc1. The van der Waals surface area contributed by atoms with Crippen molar-refractivity contribution >= 4 is 43.9 Å². The van der Waals surface area contributed by atoms with E-state index in [4.69, 9.17) is 8.83 Å². The Morgan fingerprint density at radius 2 is 0.464 bits per heavy atom. The van der Waals surface area contributed by atoms with Crippen LogP contribution in [0.1, 0.15) is 0 Å². The first-order valence-corrected chi connectivity index (χ1v) is 19.1. The fourth-order valence-corrected chi connectivity index (χ4v) is 8.27. The molecule has 0 aliphatic carbocycles. The highest BCUT2D eigenvalue weighted by molar-refractivity contribution is 6.26. The van der Waals surface area contributed by atoms with Crippen LogP contribution < -0.4 is 0 Å². The lowest BCUT2D eigenvalue weighted by atomic mass is 9.92. The molecule has 0 spiro atoms. The second-order valence-electron chi connectivity index (χ2n) is 14.5. The normalized spacial score (nSPS) is 11.6. The molecule has 0 N–H and O–H groups in total. The first-order valence-electron chi connectivity index (χ1n) is 19.1. The molecule has 11 aromatic rings. The first kappa shape index (κ1) is 32.0. The lowest BCUT2D eigenvalue weighted by Crippen LogP contribution is -1.86. The molecule has 0 amide bonds. The van der Waals surface area contributed by atoms with Crippen molar-refractivity contribution in [3.63, 3.8) is 0 Å². The Balaban J connectivity index is 1.10. The van der Waals surface area contributed by atoms with E-state index in [0.29, 0.717) is 0 Å². The maximum atomic E-state index is 6.56. The van der Waals surface area contributed by atoms with E-state index in [0.717, 1.165) is 66.1 Å². The topological polar surface area (TPSA) is 26.3 Å². The Morgan fingerprint density at radius 3 is 0.768 bits per heavy atom. The summed E-state index contributed by atoms with van der Waals surface area (Å²) in [5.41, 5.74) is 17.5. The number of benzene rings is 9. The quantitative estimate of drug-likeness (QED) is 0.171. The molecule has 0 fully saturated rings. The number of fused-ring (bicyclic) bond motifs is 7. The highest BCUT2D eigenvalue weighted by Gasteiger charge is 2.19. The predicted molar refractivity (Wildman–Crippen MR) is 234 cm³/mol. The lowest BCUT2D eigenvalue weighted by Gasteiger charge is -2.12. The van der Waals surface area contributed by atoms with Gasteiger partial charge in [-0.25, -0.2) is 0 Å². The summed E-state index contributed by atoms with van der Waals surface area (Å²) in [4.78, 5) is 0. The van der Waals surface area contributed by atoms with Crippen LogP contribution in [-0.2, 0) is 0 Å². The first-order chi connectivity index (χ1) is 27.7. The van der Waals surface area contributed by atoms with Gasteiger partial charge < -0.3 is 8.83 Å². The van der Waals surface area contributed by atoms with Crippen LogP contribution in [0.15, 0.2) is 215 Å². The van der Waals surface area contributed by atoms with Crippen LogP contribution in [0, 0.1) is 0 Å². The zero-order valence-corrected chi connectivity index (χ0v) is 30.4. The molecule has 2 nitrogen and oxygen atoms in total. The molecule has 2 aromatic heterocycles. The third kappa shape index (κ3) is 5.59. The summed E-state index contributed by atoms with van der Waals surface area (Å²) in [6.07, 6.45) is 0. The van der Waals surface area contributed by atoms with Crippen molar-refractivity contribution in [2.45, 2.75) is 0 Å². The van der Waals surface area contributed by atoms with Gasteiger partial charge in [-0.05, 0) is 140 Å². The van der Waals surface area contributed by atoms with Crippen molar-refractivity contribution in [2.75, 3.05) is 0 Å². The van der Waals surface area contributed by atoms with Gasteiger partial charge >= 0.3 is 0 Å². The Kier molecular flexibility index (Phi) is 7.53. The van der Waals surface area contributed by atoms with E-state index in [-0.39, 0.29) is 0 Å².